The summed E-state index contributed by atoms with van der Waals surface area (Å²) in [4.78, 5) is 12.1. The van der Waals surface area contributed by atoms with Crippen molar-refractivity contribution in [2.24, 2.45) is 0 Å². The molecule has 6 nitrogen and oxygen atoms in total. The number of nitrogens with one attached hydrogen (secondary N) is 1. The number of methoxy groups -OCH3 is 1. The first-order valence-corrected chi connectivity index (χ1v) is 10.2. The largest absolute Gasteiger partial charge is 0.385 e. The van der Waals surface area contributed by atoms with Crippen LogP contribution in [0.5, 0.6) is 0 Å². The minimum Gasteiger partial charge on any atom is -0.385 e. The second-order valence-corrected chi connectivity index (χ2v) is 7.29. The molecule has 0 saturated carbocycles. The number of ether oxygens (including phenoxy) is 1. The smallest absolute Gasteiger partial charge is 0.230 e. The van der Waals surface area contributed by atoms with E-state index >= 15 is 0 Å². The highest BCUT2D eigenvalue weighted by molar-refractivity contribution is 7.99. The fourth-order valence-electron chi connectivity index (χ4n) is 2.62. The molecule has 0 atom stereocenters. The van der Waals surface area contributed by atoms with Crippen molar-refractivity contribution in [1.29, 1.82) is 0 Å². The van der Waals surface area contributed by atoms with Crippen molar-refractivity contribution >= 4 is 29.3 Å². The molecule has 0 bridgehead atoms. The number of carbonyl (C=O) groups is 1. The third-order valence-corrected chi connectivity index (χ3v) is 5.20. The van der Waals surface area contributed by atoms with Crippen LogP contribution in [0.1, 0.15) is 6.42 Å². The molecule has 0 spiro atoms. The van der Waals surface area contributed by atoms with Crippen molar-refractivity contribution in [2.75, 3.05) is 26.0 Å². The lowest BCUT2D eigenvalue weighted by molar-refractivity contribution is -0.118. The maximum Gasteiger partial charge on any atom is 0.230 e. The van der Waals surface area contributed by atoms with Crippen molar-refractivity contribution in [1.82, 2.24) is 20.1 Å². The Hall–Kier alpha value is -2.35. The van der Waals surface area contributed by atoms with Crippen molar-refractivity contribution in [3.8, 4) is 17.1 Å². The first-order chi connectivity index (χ1) is 13.7. The zero-order chi connectivity index (χ0) is 19.8. The number of thioether (sulfide) groups is 1. The fraction of sp³-hybridized carbons (Fsp3) is 0.250. The van der Waals surface area contributed by atoms with Crippen molar-refractivity contribution in [3.63, 3.8) is 0 Å². The fourth-order valence-corrected chi connectivity index (χ4v) is 3.62. The lowest BCUT2D eigenvalue weighted by Crippen LogP contribution is -2.26. The summed E-state index contributed by atoms with van der Waals surface area (Å²) < 4.78 is 6.90. The van der Waals surface area contributed by atoms with Gasteiger partial charge in [0.2, 0.25) is 5.91 Å². The van der Waals surface area contributed by atoms with Crippen LogP contribution in [0.4, 0.5) is 0 Å². The quantitative estimate of drug-likeness (QED) is 0.424. The van der Waals surface area contributed by atoms with Gasteiger partial charge in [-0.3, -0.25) is 9.36 Å². The molecular formula is C20H21ClN4O2S. The highest BCUT2D eigenvalue weighted by Gasteiger charge is 2.18. The number of carbonyl (C=O) groups excluding carboxylic acids is 1. The normalized spacial score (nSPS) is 10.8. The van der Waals surface area contributed by atoms with Crippen LogP contribution in [-0.2, 0) is 9.53 Å². The van der Waals surface area contributed by atoms with Crippen LogP contribution in [0, 0.1) is 0 Å². The lowest BCUT2D eigenvalue weighted by atomic mass is 10.2. The van der Waals surface area contributed by atoms with Gasteiger partial charge in [0.25, 0.3) is 0 Å². The first-order valence-electron chi connectivity index (χ1n) is 8.85. The molecule has 1 aromatic heterocycles. The molecule has 3 rings (SSSR count). The standard InChI is InChI=1S/C20H21ClN4O2S/c1-27-13-7-12-22-18(26)14-28-20-24-23-19(16-10-5-6-11-17(16)21)25(20)15-8-3-2-4-9-15/h2-6,8-11H,7,12-14H2,1H3,(H,22,26). The zero-order valence-corrected chi connectivity index (χ0v) is 17.0. The first kappa shape index (κ1) is 20.4. The van der Waals surface area contributed by atoms with Crippen LogP contribution in [0.2, 0.25) is 5.02 Å². The van der Waals surface area contributed by atoms with Gasteiger partial charge in [-0.25, -0.2) is 0 Å². The Labute approximate surface area is 173 Å². The van der Waals surface area contributed by atoms with Gasteiger partial charge in [-0.2, -0.15) is 0 Å². The third-order valence-electron chi connectivity index (χ3n) is 3.94. The van der Waals surface area contributed by atoms with E-state index in [0.717, 1.165) is 17.7 Å². The van der Waals surface area contributed by atoms with Gasteiger partial charge >= 0.3 is 0 Å². The van der Waals surface area contributed by atoms with E-state index in [0.29, 0.717) is 29.2 Å². The molecule has 0 unspecified atom stereocenters. The summed E-state index contributed by atoms with van der Waals surface area (Å²) in [7, 11) is 1.64. The van der Waals surface area contributed by atoms with E-state index in [-0.39, 0.29) is 11.7 Å². The second-order valence-electron chi connectivity index (χ2n) is 5.94. The van der Waals surface area contributed by atoms with Gasteiger partial charge in [0, 0.05) is 31.5 Å². The maximum atomic E-state index is 12.1. The van der Waals surface area contributed by atoms with E-state index in [1.165, 1.54) is 11.8 Å². The molecule has 0 aliphatic heterocycles. The van der Waals surface area contributed by atoms with Crippen molar-refractivity contribution in [3.05, 3.63) is 59.6 Å². The van der Waals surface area contributed by atoms with E-state index in [1.54, 1.807) is 7.11 Å². The Kier molecular flexibility index (Phi) is 7.47. The summed E-state index contributed by atoms with van der Waals surface area (Å²) >= 11 is 7.71. The molecule has 0 aliphatic carbocycles. The average Bonchev–Trinajstić information content (AvgIpc) is 3.14. The molecule has 0 radical (unpaired) electrons. The summed E-state index contributed by atoms with van der Waals surface area (Å²) in [5.41, 5.74) is 1.70. The number of halogens is 1. The molecule has 0 fully saturated rings. The predicted octanol–water partition coefficient (Wildman–Crippen LogP) is 3.83. The van der Waals surface area contributed by atoms with Crippen molar-refractivity contribution in [2.45, 2.75) is 11.6 Å². The molecule has 28 heavy (non-hydrogen) atoms. The van der Waals surface area contributed by atoms with Gasteiger partial charge in [-0.1, -0.05) is 53.7 Å². The molecule has 1 amide bonds. The van der Waals surface area contributed by atoms with Crippen LogP contribution in [0.3, 0.4) is 0 Å². The third kappa shape index (κ3) is 5.13. The number of hydrogen-bond acceptors (Lipinski definition) is 5. The topological polar surface area (TPSA) is 69.0 Å². The molecule has 146 valence electrons. The van der Waals surface area contributed by atoms with Gasteiger partial charge in [0.15, 0.2) is 11.0 Å². The van der Waals surface area contributed by atoms with Crippen LogP contribution in [0.25, 0.3) is 17.1 Å². The summed E-state index contributed by atoms with van der Waals surface area (Å²) in [6.07, 6.45) is 0.782. The minimum absolute atomic E-state index is 0.0528. The Morgan fingerprint density at radius 2 is 1.89 bits per heavy atom. The van der Waals surface area contributed by atoms with E-state index in [2.05, 4.69) is 15.5 Å². The van der Waals surface area contributed by atoms with Gasteiger partial charge in [-0.05, 0) is 30.7 Å². The monoisotopic (exact) mass is 416 g/mol. The summed E-state index contributed by atoms with van der Waals surface area (Å²) in [6, 6.07) is 17.3. The Bertz CT molecular complexity index is 918. The predicted molar refractivity (Wildman–Crippen MR) is 112 cm³/mol. The zero-order valence-electron chi connectivity index (χ0n) is 15.5. The molecule has 1 N–H and O–H groups in total. The van der Waals surface area contributed by atoms with E-state index in [4.69, 9.17) is 16.3 Å². The van der Waals surface area contributed by atoms with Crippen molar-refractivity contribution < 1.29 is 9.53 Å². The Morgan fingerprint density at radius 1 is 1.14 bits per heavy atom. The van der Waals surface area contributed by atoms with Crippen LogP contribution < -0.4 is 5.32 Å². The van der Waals surface area contributed by atoms with Gasteiger partial charge in [0.05, 0.1) is 10.8 Å². The summed E-state index contributed by atoms with van der Waals surface area (Å²) in [6.45, 7) is 1.21. The Balaban J connectivity index is 1.82. The minimum atomic E-state index is -0.0528. The van der Waals surface area contributed by atoms with Gasteiger partial charge < -0.3 is 10.1 Å². The molecule has 0 saturated heterocycles. The molecular weight excluding hydrogens is 396 g/mol. The number of hydrogen-bond donors (Lipinski definition) is 1. The number of rotatable bonds is 9. The van der Waals surface area contributed by atoms with Crippen LogP contribution in [0.15, 0.2) is 59.8 Å². The number of aromatic nitrogens is 3. The lowest BCUT2D eigenvalue weighted by Gasteiger charge is -2.11. The maximum absolute atomic E-state index is 12.1. The van der Waals surface area contributed by atoms with Crippen LogP contribution in [-0.4, -0.2) is 46.7 Å². The van der Waals surface area contributed by atoms with E-state index in [1.807, 2.05) is 59.2 Å². The highest BCUT2D eigenvalue weighted by atomic mass is 35.5. The highest BCUT2D eigenvalue weighted by Crippen LogP contribution is 2.31. The second kappa shape index (κ2) is 10.3. The molecule has 8 heteroatoms. The molecule has 1 heterocycles. The van der Waals surface area contributed by atoms with E-state index in [9.17, 15) is 4.79 Å². The SMILES string of the molecule is COCCCNC(=O)CSc1nnc(-c2ccccc2Cl)n1-c1ccccc1. The number of nitrogens with zero attached hydrogens (tertiary/aromatic N) is 3. The van der Waals surface area contributed by atoms with Gasteiger partial charge in [0.1, 0.15) is 0 Å². The van der Waals surface area contributed by atoms with Gasteiger partial charge in [-0.15, -0.1) is 10.2 Å². The molecule has 0 aliphatic rings. The number of benzene rings is 2. The number of amides is 1. The summed E-state index contributed by atoms with van der Waals surface area (Å²) in [5.74, 6) is 0.836. The summed E-state index contributed by atoms with van der Waals surface area (Å²) in [5, 5.41) is 12.8. The Morgan fingerprint density at radius 3 is 2.64 bits per heavy atom. The average molecular weight is 417 g/mol. The molecule has 3 aromatic rings. The molecule has 2 aromatic carbocycles. The van der Waals surface area contributed by atoms with E-state index < -0.39 is 0 Å². The van der Waals surface area contributed by atoms with Crippen LogP contribution >= 0.6 is 23.4 Å². The number of para-hydroxylation sites is 1.